The Morgan fingerprint density at radius 3 is 2.14 bits per heavy atom. The van der Waals surface area contributed by atoms with Gasteiger partial charge in [-0.25, -0.2) is 8.42 Å². The van der Waals surface area contributed by atoms with Crippen LogP contribution in [0.15, 0.2) is 108 Å². The molecule has 1 atom stereocenters. The molecule has 4 aromatic rings. The molecule has 0 bridgehead atoms. The molecule has 0 aliphatic rings. The van der Waals surface area contributed by atoms with Gasteiger partial charge in [0.1, 0.15) is 12.6 Å². The van der Waals surface area contributed by atoms with Crippen molar-refractivity contribution in [1.29, 1.82) is 0 Å². The van der Waals surface area contributed by atoms with Crippen LogP contribution in [0.4, 0.5) is 5.69 Å². The van der Waals surface area contributed by atoms with E-state index in [1.54, 1.807) is 67.6 Å². The highest BCUT2D eigenvalue weighted by atomic mass is 35.5. The molecule has 7 nitrogen and oxygen atoms in total. The number of benzene rings is 4. The van der Waals surface area contributed by atoms with Gasteiger partial charge < -0.3 is 10.2 Å². The number of nitrogens with zero attached hydrogens (tertiary/aromatic N) is 2. The number of carbonyl (C=O) groups is 2. The van der Waals surface area contributed by atoms with E-state index in [0.29, 0.717) is 39.8 Å². The van der Waals surface area contributed by atoms with Crippen LogP contribution in [0.2, 0.25) is 10.0 Å². The lowest BCUT2D eigenvalue weighted by Crippen LogP contribution is -2.53. The monoisotopic (exact) mass is 651 g/mol. The summed E-state index contributed by atoms with van der Waals surface area (Å²) < 4.78 is 29.3. The van der Waals surface area contributed by atoms with Crippen LogP contribution >= 0.6 is 23.2 Å². The van der Waals surface area contributed by atoms with Crippen molar-refractivity contribution in [2.24, 2.45) is 0 Å². The first-order valence-corrected chi connectivity index (χ1v) is 16.5. The number of amides is 2. The third-order valence-corrected chi connectivity index (χ3v) is 9.53. The Morgan fingerprint density at radius 1 is 0.864 bits per heavy atom. The molecule has 4 rings (SSSR count). The fraction of sp³-hybridized carbons (Fsp3) is 0.235. The van der Waals surface area contributed by atoms with Gasteiger partial charge in [0.25, 0.3) is 10.0 Å². The van der Waals surface area contributed by atoms with Gasteiger partial charge in [-0.05, 0) is 66.4 Å². The van der Waals surface area contributed by atoms with E-state index in [0.717, 1.165) is 9.87 Å². The zero-order valence-corrected chi connectivity index (χ0v) is 26.9. The van der Waals surface area contributed by atoms with Crippen LogP contribution in [0.1, 0.15) is 30.0 Å². The molecule has 0 fully saturated rings. The molecule has 2 amide bonds. The van der Waals surface area contributed by atoms with Crippen molar-refractivity contribution < 1.29 is 18.0 Å². The van der Waals surface area contributed by atoms with Gasteiger partial charge in [-0.1, -0.05) is 96.9 Å². The van der Waals surface area contributed by atoms with Gasteiger partial charge in [0.05, 0.1) is 10.6 Å². The summed E-state index contributed by atoms with van der Waals surface area (Å²) in [6, 6.07) is 28.3. The van der Waals surface area contributed by atoms with E-state index in [1.165, 1.54) is 17.0 Å². The van der Waals surface area contributed by atoms with Crippen molar-refractivity contribution in [1.82, 2.24) is 10.2 Å². The lowest BCUT2D eigenvalue weighted by Gasteiger charge is -2.34. The van der Waals surface area contributed by atoms with E-state index in [-0.39, 0.29) is 23.8 Å². The predicted molar refractivity (Wildman–Crippen MR) is 176 cm³/mol. The van der Waals surface area contributed by atoms with Crippen LogP contribution < -0.4 is 9.62 Å². The second-order valence-corrected chi connectivity index (χ2v) is 13.1. The average molecular weight is 653 g/mol. The molecule has 0 saturated carbocycles. The van der Waals surface area contributed by atoms with E-state index in [9.17, 15) is 18.0 Å². The van der Waals surface area contributed by atoms with Gasteiger partial charge >= 0.3 is 0 Å². The van der Waals surface area contributed by atoms with E-state index in [2.05, 4.69) is 5.32 Å². The predicted octanol–water partition coefficient (Wildman–Crippen LogP) is 6.66. The fourth-order valence-electron chi connectivity index (χ4n) is 4.86. The highest BCUT2D eigenvalue weighted by molar-refractivity contribution is 7.92. The summed E-state index contributed by atoms with van der Waals surface area (Å²) >= 11 is 12.7. The summed E-state index contributed by atoms with van der Waals surface area (Å²) in [5, 5.41) is 3.80. The van der Waals surface area contributed by atoms with Crippen LogP contribution in [0.5, 0.6) is 0 Å². The Hall–Kier alpha value is -3.85. The standard InChI is InChI=1S/C34H35Cl2N3O4S/c1-3-20-37-34(41)32(22-26-12-6-4-7-13-26)38(23-27-14-10-11-17-30(27)36)33(40)24-39(31-19-18-28(35)21-25(31)2)44(42,43)29-15-8-5-9-16-29/h4-19,21,32H,3,20,22-24H2,1-2H3,(H,37,41). The molecule has 4 aromatic carbocycles. The van der Waals surface area contributed by atoms with Crippen molar-refractivity contribution in [3.63, 3.8) is 0 Å². The number of nitrogens with one attached hydrogen (secondary N) is 1. The molecule has 0 aliphatic heterocycles. The Bertz CT molecular complexity index is 1690. The number of anilines is 1. The SMILES string of the molecule is CCCNC(=O)C(Cc1ccccc1)N(Cc1ccccc1Cl)C(=O)CN(c1ccc(Cl)cc1C)S(=O)(=O)c1ccccc1. The molecule has 0 aromatic heterocycles. The number of aryl methyl sites for hydroxylation is 1. The quantitative estimate of drug-likeness (QED) is 0.175. The van der Waals surface area contributed by atoms with Gasteiger partial charge in [0.2, 0.25) is 11.8 Å². The van der Waals surface area contributed by atoms with E-state index in [1.807, 2.05) is 37.3 Å². The summed E-state index contributed by atoms with van der Waals surface area (Å²) in [6.07, 6.45) is 0.930. The Labute approximate surface area is 269 Å². The highest BCUT2D eigenvalue weighted by Crippen LogP contribution is 2.30. The third kappa shape index (κ3) is 8.20. The summed E-state index contributed by atoms with van der Waals surface area (Å²) in [5.41, 5.74) is 2.36. The normalized spacial score (nSPS) is 11.9. The first kappa shape index (κ1) is 33.1. The zero-order valence-electron chi connectivity index (χ0n) is 24.6. The van der Waals surface area contributed by atoms with Crippen molar-refractivity contribution in [2.75, 3.05) is 17.4 Å². The highest BCUT2D eigenvalue weighted by Gasteiger charge is 2.35. The summed E-state index contributed by atoms with van der Waals surface area (Å²) in [6.45, 7) is 3.54. The minimum atomic E-state index is -4.20. The van der Waals surface area contributed by atoms with E-state index in [4.69, 9.17) is 23.2 Å². The number of hydrogen-bond donors (Lipinski definition) is 1. The summed E-state index contributed by atoms with van der Waals surface area (Å²) in [5.74, 6) is -0.900. The maximum atomic E-state index is 14.5. The zero-order chi connectivity index (χ0) is 31.7. The smallest absolute Gasteiger partial charge is 0.264 e. The number of carbonyl (C=O) groups excluding carboxylic acids is 2. The Balaban J connectivity index is 1.82. The van der Waals surface area contributed by atoms with Crippen LogP contribution in [-0.4, -0.2) is 44.3 Å². The first-order valence-electron chi connectivity index (χ1n) is 14.3. The van der Waals surface area contributed by atoms with Crippen LogP contribution in [0.25, 0.3) is 0 Å². The van der Waals surface area contributed by atoms with E-state index >= 15 is 0 Å². The van der Waals surface area contributed by atoms with Gasteiger partial charge in [0, 0.05) is 29.6 Å². The molecule has 0 saturated heterocycles. The van der Waals surface area contributed by atoms with Gasteiger partial charge in [-0.15, -0.1) is 0 Å². The number of sulfonamides is 1. The van der Waals surface area contributed by atoms with Gasteiger partial charge in [-0.2, -0.15) is 0 Å². The van der Waals surface area contributed by atoms with Crippen LogP contribution in [0, 0.1) is 6.92 Å². The van der Waals surface area contributed by atoms with Crippen LogP contribution in [0.3, 0.4) is 0 Å². The lowest BCUT2D eigenvalue weighted by molar-refractivity contribution is -0.140. The molecule has 1 N–H and O–H groups in total. The maximum Gasteiger partial charge on any atom is 0.264 e. The molecule has 230 valence electrons. The third-order valence-electron chi connectivity index (χ3n) is 7.16. The summed E-state index contributed by atoms with van der Waals surface area (Å²) in [7, 11) is -4.20. The maximum absolute atomic E-state index is 14.5. The molecule has 10 heteroatoms. The Morgan fingerprint density at radius 2 is 1.50 bits per heavy atom. The number of hydrogen-bond acceptors (Lipinski definition) is 4. The molecule has 0 aliphatic carbocycles. The molecule has 1 unspecified atom stereocenters. The van der Waals surface area contributed by atoms with Gasteiger partial charge in [-0.3, -0.25) is 13.9 Å². The largest absolute Gasteiger partial charge is 0.354 e. The Kier molecular flexibility index (Phi) is 11.4. The topological polar surface area (TPSA) is 86.8 Å². The fourth-order valence-corrected chi connectivity index (χ4v) is 6.78. The van der Waals surface area contributed by atoms with Crippen molar-refractivity contribution in [2.45, 2.75) is 44.2 Å². The average Bonchev–Trinajstić information content (AvgIpc) is 3.02. The van der Waals surface area contributed by atoms with Crippen molar-refractivity contribution >= 4 is 50.7 Å². The second-order valence-electron chi connectivity index (χ2n) is 10.4. The summed E-state index contributed by atoms with van der Waals surface area (Å²) in [4.78, 5) is 29.6. The minimum Gasteiger partial charge on any atom is -0.354 e. The molecule has 0 heterocycles. The minimum absolute atomic E-state index is 0.00558. The first-order chi connectivity index (χ1) is 21.1. The molecule has 0 spiro atoms. The molecule has 0 radical (unpaired) electrons. The van der Waals surface area contributed by atoms with E-state index < -0.39 is 28.5 Å². The number of rotatable bonds is 13. The van der Waals surface area contributed by atoms with Crippen molar-refractivity contribution in [3.05, 3.63) is 130 Å². The molecular weight excluding hydrogens is 617 g/mol. The molecular formula is C34H35Cl2N3O4S. The van der Waals surface area contributed by atoms with Gasteiger partial charge in [0.15, 0.2) is 0 Å². The molecule has 44 heavy (non-hydrogen) atoms. The number of halogens is 2. The lowest BCUT2D eigenvalue weighted by atomic mass is 10.0. The second kappa shape index (κ2) is 15.2. The van der Waals surface area contributed by atoms with Crippen LogP contribution in [-0.2, 0) is 32.6 Å². The van der Waals surface area contributed by atoms with Crippen molar-refractivity contribution in [3.8, 4) is 0 Å².